The average Bonchev–Trinajstić information content (AvgIpc) is 2.83. The summed E-state index contributed by atoms with van der Waals surface area (Å²) < 4.78 is 102. The second-order valence-electron chi connectivity index (χ2n) is 5.58. The van der Waals surface area contributed by atoms with Gasteiger partial charge >= 0.3 is 12.4 Å². The highest BCUT2D eigenvalue weighted by Gasteiger charge is 2.39. The molecule has 0 amide bonds. The summed E-state index contributed by atoms with van der Waals surface area (Å²) in [5.74, 6) is -0.335. The molecule has 0 aliphatic heterocycles. The van der Waals surface area contributed by atoms with E-state index in [1.807, 2.05) is 0 Å². The van der Waals surface area contributed by atoms with E-state index in [1.165, 1.54) is 0 Å². The van der Waals surface area contributed by atoms with Crippen LogP contribution in [-0.4, -0.2) is 35.6 Å². The summed E-state index contributed by atoms with van der Waals surface area (Å²) in [6.07, 6.45) is -8.60. The first kappa shape index (κ1) is 21.7. The third-order valence-electron chi connectivity index (χ3n) is 3.55. The van der Waals surface area contributed by atoms with Gasteiger partial charge in [0.05, 0.1) is 18.5 Å². The first-order valence-corrected chi connectivity index (χ1v) is 9.68. The molecule has 0 atom stereocenters. The standard InChI is InChI=1S/C14H12BrF6N3O2S/c1-23(27(2,25)26)7-24-11(15)10(14(19,20)21)22-12(24)8-3-5-9(6-4-8)13(16,17)18/h3-6H,7H2,1-2H3. The summed E-state index contributed by atoms with van der Waals surface area (Å²) in [4.78, 5) is 3.47. The van der Waals surface area contributed by atoms with Crippen molar-refractivity contribution in [1.82, 2.24) is 13.9 Å². The monoisotopic (exact) mass is 479 g/mol. The van der Waals surface area contributed by atoms with Crippen LogP contribution in [-0.2, 0) is 29.0 Å². The Hall–Kier alpha value is -1.60. The second-order valence-corrected chi connectivity index (χ2v) is 8.42. The fourth-order valence-corrected chi connectivity index (χ4v) is 2.99. The molecule has 0 aliphatic rings. The van der Waals surface area contributed by atoms with Crippen LogP contribution in [0.1, 0.15) is 11.3 Å². The highest BCUT2D eigenvalue weighted by molar-refractivity contribution is 9.10. The Kier molecular flexibility index (Phi) is 5.70. The van der Waals surface area contributed by atoms with Crippen molar-refractivity contribution in [2.45, 2.75) is 19.0 Å². The highest BCUT2D eigenvalue weighted by Crippen LogP contribution is 2.38. The smallest absolute Gasteiger partial charge is 0.303 e. The summed E-state index contributed by atoms with van der Waals surface area (Å²) in [6.45, 7) is -0.529. The van der Waals surface area contributed by atoms with Crippen LogP contribution in [0.4, 0.5) is 26.3 Å². The Morgan fingerprint density at radius 1 is 1.07 bits per heavy atom. The number of halogens is 7. The van der Waals surface area contributed by atoms with Crippen molar-refractivity contribution in [3.8, 4) is 11.4 Å². The van der Waals surface area contributed by atoms with Crippen molar-refractivity contribution in [2.75, 3.05) is 13.3 Å². The molecule has 0 radical (unpaired) electrons. The van der Waals surface area contributed by atoms with Crippen LogP contribution in [0.25, 0.3) is 11.4 Å². The van der Waals surface area contributed by atoms with Crippen LogP contribution in [0.2, 0.25) is 0 Å². The molecule has 0 spiro atoms. The maximum absolute atomic E-state index is 13.2. The Bertz CT molecular complexity index is 935. The predicted molar refractivity (Wildman–Crippen MR) is 88.0 cm³/mol. The van der Waals surface area contributed by atoms with Crippen LogP contribution < -0.4 is 0 Å². The lowest BCUT2D eigenvalue weighted by molar-refractivity contribution is -0.141. The van der Waals surface area contributed by atoms with E-state index in [0.717, 1.165) is 34.3 Å². The number of benzene rings is 1. The maximum atomic E-state index is 13.2. The minimum absolute atomic E-state index is 0.0406. The van der Waals surface area contributed by atoms with Gasteiger partial charge in [0.25, 0.3) is 0 Å². The van der Waals surface area contributed by atoms with Crippen molar-refractivity contribution in [1.29, 1.82) is 0 Å². The highest BCUT2D eigenvalue weighted by atomic mass is 79.9. The Morgan fingerprint density at radius 2 is 1.59 bits per heavy atom. The zero-order chi connectivity index (χ0) is 20.8. The minimum Gasteiger partial charge on any atom is -0.303 e. The summed E-state index contributed by atoms with van der Waals surface area (Å²) >= 11 is 2.76. The predicted octanol–water partition coefficient (Wildman–Crippen LogP) is 4.20. The first-order chi connectivity index (χ1) is 12.1. The van der Waals surface area contributed by atoms with E-state index in [0.29, 0.717) is 12.1 Å². The molecule has 0 aliphatic carbocycles. The fourth-order valence-electron chi connectivity index (χ4n) is 2.08. The third kappa shape index (κ3) is 4.82. The lowest BCUT2D eigenvalue weighted by atomic mass is 10.1. The van der Waals surface area contributed by atoms with Gasteiger partial charge in [0, 0.05) is 12.6 Å². The number of rotatable bonds is 4. The van der Waals surface area contributed by atoms with Crippen LogP contribution in [0.3, 0.4) is 0 Å². The van der Waals surface area contributed by atoms with Gasteiger partial charge in [0.1, 0.15) is 10.4 Å². The molecule has 0 saturated heterocycles. The molecule has 0 fully saturated rings. The molecule has 0 saturated carbocycles. The van der Waals surface area contributed by atoms with E-state index in [9.17, 15) is 34.8 Å². The van der Waals surface area contributed by atoms with Crippen LogP contribution >= 0.6 is 15.9 Å². The van der Waals surface area contributed by atoms with Crippen molar-refractivity contribution in [3.63, 3.8) is 0 Å². The zero-order valence-corrected chi connectivity index (χ0v) is 16.1. The van der Waals surface area contributed by atoms with Gasteiger partial charge in [-0.3, -0.25) is 0 Å². The van der Waals surface area contributed by atoms with Gasteiger partial charge < -0.3 is 4.57 Å². The van der Waals surface area contributed by atoms with Gasteiger partial charge in [-0.2, -0.15) is 30.6 Å². The lowest BCUT2D eigenvalue weighted by Crippen LogP contribution is -2.28. The molecule has 5 nitrogen and oxygen atoms in total. The third-order valence-corrected chi connectivity index (χ3v) is 5.60. The summed E-state index contributed by atoms with van der Waals surface area (Å²) in [5.41, 5.74) is -2.34. The van der Waals surface area contributed by atoms with E-state index in [2.05, 4.69) is 20.9 Å². The number of hydrogen-bond donors (Lipinski definition) is 0. The van der Waals surface area contributed by atoms with Crippen LogP contribution in [0, 0.1) is 0 Å². The van der Waals surface area contributed by atoms with E-state index >= 15 is 0 Å². The second kappa shape index (κ2) is 7.09. The van der Waals surface area contributed by atoms with E-state index in [1.54, 1.807) is 0 Å². The molecule has 0 bridgehead atoms. The molecule has 13 heteroatoms. The largest absolute Gasteiger partial charge is 0.436 e. The number of imidazole rings is 1. The fraction of sp³-hybridized carbons (Fsp3) is 0.357. The number of nitrogens with zero attached hydrogens (tertiary/aromatic N) is 3. The topological polar surface area (TPSA) is 55.2 Å². The molecule has 2 aromatic rings. The normalized spacial score (nSPS) is 13.4. The molecule has 2 rings (SSSR count). The summed E-state index contributed by atoms with van der Waals surface area (Å²) in [7, 11) is -2.59. The van der Waals surface area contributed by atoms with Crippen molar-refractivity contribution in [2.24, 2.45) is 0 Å². The summed E-state index contributed by atoms with van der Waals surface area (Å²) in [5, 5.41) is 0. The Labute approximate surface area is 158 Å². The quantitative estimate of drug-likeness (QED) is 0.617. The zero-order valence-electron chi connectivity index (χ0n) is 13.7. The molecule has 27 heavy (non-hydrogen) atoms. The van der Waals surface area contributed by atoms with Crippen LogP contribution in [0.5, 0.6) is 0 Å². The molecule has 0 unspecified atom stereocenters. The minimum atomic E-state index is -4.85. The van der Waals surface area contributed by atoms with Crippen molar-refractivity contribution < 1.29 is 34.8 Å². The molecular weight excluding hydrogens is 468 g/mol. The van der Waals surface area contributed by atoms with E-state index in [4.69, 9.17) is 0 Å². The number of aromatic nitrogens is 2. The molecule has 0 N–H and O–H groups in total. The molecule has 1 aromatic heterocycles. The van der Waals surface area contributed by atoms with E-state index in [-0.39, 0.29) is 11.4 Å². The van der Waals surface area contributed by atoms with Crippen molar-refractivity contribution >= 4 is 26.0 Å². The summed E-state index contributed by atoms with van der Waals surface area (Å²) in [6, 6.07) is 3.34. The van der Waals surface area contributed by atoms with Gasteiger partial charge in [0.15, 0.2) is 5.69 Å². The van der Waals surface area contributed by atoms with Gasteiger partial charge in [-0.25, -0.2) is 13.4 Å². The number of hydrogen-bond acceptors (Lipinski definition) is 3. The lowest BCUT2D eigenvalue weighted by Gasteiger charge is -2.18. The van der Waals surface area contributed by atoms with Gasteiger partial charge in [0.2, 0.25) is 10.0 Å². The van der Waals surface area contributed by atoms with Gasteiger partial charge in [-0.05, 0) is 28.1 Å². The number of sulfonamides is 1. The molecular formula is C14H12BrF6N3O2S. The van der Waals surface area contributed by atoms with Gasteiger partial charge in [-0.1, -0.05) is 12.1 Å². The van der Waals surface area contributed by atoms with Gasteiger partial charge in [-0.15, -0.1) is 0 Å². The maximum Gasteiger partial charge on any atom is 0.436 e. The first-order valence-electron chi connectivity index (χ1n) is 7.04. The SMILES string of the molecule is CN(Cn1c(-c2ccc(C(F)(F)F)cc2)nc(C(F)(F)F)c1Br)S(C)(=O)=O. The number of alkyl halides is 6. The Balaban J connectivity index is 2.60. The van der Waals surface area contributed by atoms with E-state index < -0.39 is 44.9 Å². The van der Waals surface area contributed by atoms with Crippen molar-refractivity contribution in [3.05, 3.63) is 40.1 Å². The molecule has 150 valence electrons. The molecule has 1 heterocycles. The average molecular weight is 480 g/mol. The molecule has 1 aromatic carbocycles. The van der Waals surface area contributed by atoms with Crippen LogP contribution in [0.15, 0.2) is 28.9 Å². The Morgan fingerprint density at radius 3 is 2.00 bits per heavy atom.